The first-order valence-corrected chi connectivity index (χ1v) is 5.25. The molecule has 0 radical (unpaired) electrons. The van der Waals surface area contributed by atoms with Crippen molar-refractivity contribution >= 4 is 11.4 Å². The van der Waals surface area contributed by atoms with Crippen LogP contribution >= 0.6 is 0 Å². The number of nitrogen functional groups attached to an aromatic ring is 2. The predicted molar refractivity (Wildman–Crippen MR) is 70.1 cm³/mol. The van der Waals surface area contributed by atoms with Crippen LogP contribution < -0.4 is 11.5 Å². The second-order valence-electron chi connectivity index (χ2n) is 3.83. The van der Waals surface area contributed by atoms with Gasteiger partial charge in [0.05, 0.1) is 22.5 Å². The minimum Gasteiger partial charge on any atom is -0.398 e. The molecule has 4 nitrogen and oxygen atoms in total. The van der Waals surface area contributed by atoms with Gasteiger partial charge in [-0.15, -0.1) is 0 Å². The molecule has 0 aliphatic rings. The van der Waals surface area contributed by atoms with Crippen molar-refractivity contribution in [3.63, 3.8) is 0 Å². The molecule has 0 fully saturated rings. The van der Waals surface area contributed by atoms with Gasteiger partial charge in [0.1, 0.15) is 12.1 Å². The van der Waals surface area contributed by atoms with Gasteiger partial charge < -0.3 is 11.5 Å². The summed E-state index contributed by atoms with van der Waals surface area (Å²) in [6.07, 6.45) is 0. The molecule has 86 valence electrons. The summed E-state index contributed by atoms with van der Waals surface area (Å²) >= 11 is 0. The molecule has 0 bridgehead atoms. The molecule has 0 aliphatic carbocycles. The Morgan fingerprint density at radius 2 is 1.11 bits per heavy atom. The number of rotatable bonds is 1. The van der Waals surface area contributed by atoms with E-state index in [0.717, 1.165) is 11.1 Å². The fourth-order valence-corrected chi connectivity index (χ4v) is 1.69. The Labute approximate surface area is 105 Å². The van der Waals surface area contributed by atoms with E-state index < -0.39 is 0 Å². The van der Waals surface area contributed by atoms with E-state index in [1.54, 1.807) is 36.4 Å². The minimum atomic E-state index is 0.429. The highest BCUT2D eigenvalue weighted by Gasteiger charge is 2.05. The van der Waals surface area contributed by atoms with E-state index in [1.165, 1.54) is 0 Å². The maximum atomic E-state index is 8.81. The first-order valence-electron chi connectivity index (χ1n) is 5.25. The Bertz CT molecular complexity index is 628. The zero-order valence-electron chi connectivity index (χ0n) is 9.51. The van der Waals surface area contributed by atoms with Gasteiger partial charge in [-0.2, -0.15) is 10.5 Å². The van der Waals surface area contributed by atoms with Gasteiger partial charge in [0.15, 0.2) is 0 Å². The smallest absolute Gasteiger partial charge is 0.101 e. The molecule has 4 heteroatoms. The summed E-state index contributed by atoms with van der Waals surface area (Å²) in [7, 11) is 0. The van der Waals surface area contributed by atoms with E-state index in [0.29, 0.717) is 22.5 Å². The highest BCUT2D eigenvalue weighted by Crippen LogP contribution is 2.26. The van der Waals surface area contributed by atoms with E-state index >= 15 is 0 Å². The molecule has 4 N–H and O–H groups in total. The molecular formula is C14H10N4. The van der Waals surface area contributed by atoms with Crippen molar-refractivity contribution in [1.82, 2.24) is 0 Å². The Balaban J connectivity index is 2.51. The van der Waals surface area contributed by atoms with Gasteiger partial charge in [-0.25, -0.2) is 0 Å². The van der Waals surface area contributed by atoms with Gasteiger partial charge in [-0.1, -0.05) is 12.1 Å². The van der Waals surface area contributed by atoms with Crippen molar-refractivity contribution in [1.29, 1.82) is 10.5 Å². The summed E-state index contributed by atoms with van der Waals surface area (Å²) in [5.41, 5.74) is 15.0. The molecule has 18 heavy (non-hydrogen) atoms. The number of anilines is 2. The van der Waals surface area contributed by atoms with Crippen molar-refractivity contribution in [2.75, 3.05) is 11.5 Å². The molecule has 0 unspecified atom stereocenters. The number of nitrogens with zero attached hydrogens (tertiary/aromatic N) is 2. The van der Waals surface area contributed by atoms with Gasteiger partial charge in [-0.05, 0) is 35.4 Å². The molecule has 0 saturated carbocycles. The average Bonchev–Trinajstić information content (AvgIpc) is 2.38. The molecule has 2 aromatic carbocycles. The van der Waals surface area contributed by atoms with Gasteiger partial charge >= 0.3 is 0 Å². The Morgan fingerprint density at radius 1 is 0.722 bits per heavy atom. The van der Waals surface area contributed by atoms with Crippen molar-refractivity contribution in [3.05, 3.63) is 47.5 Å². The topological polar surface area (TPSA) is 99.6 Å². The summed E-state index contributed by atoms with van der Waals surface area (Å²) in [4.78, 5) is 0. The third-order valence-corrected chi connectivity index (χ3v) is 2.68. The minimum absolute atomic E-state index is 0.429. The van der Waals surface area contributed by atoms with Crippen molar-refractivity contribution in [3.8, 4) is 23.3 Å². The Hall–Kier alpha value is -2.98. The zero-order chi connectivity index (χ0) is 13.1. The molecular weight excluding hydrogens is 224 g/mol. The van der Waals surface area contributed by atoms with Crippen molar-refractivity contribution in [2.45, 2.75) is 0 Å². The molecule has 0 saturated heterocycles. The predicted octanol–water partition coefficient (Wildman–Crippen LogP) is 2.26. The maximum Gasteiger partial charge on any atom is 0.101 e. The summed E-state index contributed by atoms with van der Waals surface area (Å²) in [5.74, 6) is 0. The Morgan fingerprint density at radius 3 is 1.39 bits per heavy atom. The van der Waals surface area contributed by atoms with E-state index in [-0.39, 0.29) is 0 Å². The summed E-state index contributed by atoms with van der Waals surface area (Å²) < 4.78 is 0. The van der Waals surface area contributed by atoms with Gasteiger partial charge in [0.2, 0.25) is 0 Å². The number of hydrogen-bond acceptors (Lipinski definition) is 4. The molecule has 2 rings (SSSR count). The van der Waals surface area contributed by atoms with Crippen LogP contribution in [0.1, 0.15) is 11.1 Å². The van der Waals surface area contributed by atoms with E-state index in [2.05, 4.69) is 0 Å². The van der Waals surface area contributed by atoms with E-state index in [4.69, 9.17) is 22.0 Å². The third kappa shape index (κ3) is 1.95. The van der Waals surface area contributed by atoms with Crippen molar-refractivity contribution < 1.29 is 0 Å². The van der Waals surface area contributed by atoms with Gasteiger partial charge in [0.25, 0.3) is 0 Å². The second kappa shape index (κ2) is 4.48. The number of benzene rings is 2. The standard InChI is InChI=1S/C14H10N4/c15-7-11-3-1-9(5-13(11)17)10-2-4-12(8-16)14(18)6-10/h1-6H,17-18H2. The van der Waals surface area contributed by atoms with Crippen LogP contribution in [0.5, 0.6) is 0 Å². The molecule has 2 aromatic rings. The fourth-order valence-electron chi connectivity index (χ4n) is 1.69. The summed E-state index contributed by atoms with van der Waals surface area (Å²) in [6.45, 7) is 0. The summed E-state index contributed by atoms with van der Waals surface area (Å²) in [6, 6.07) is 14.4. The normalized spacial score (nSPS) is 9.44. The van der Waals surface area contributed by atoms with E-state index in [9.17, 15) is 0 Å². The van der Waals surface area contributed by atoms with Crippen LogP contribution in [0.4, 0.5) is 11.4 Å². The first-order chi connectivity index (χ1) is 8.65. The molecule has 0 atom stereocenters. The van der Waals surface area contributed by atoms with Crippen LogP contribution in [0, 0.1) is 22.7 Å². The van der Waals surface area contributed by atoms with Gasteiger partial charge in [0, 0.05) is 0 Å². The monoisotopic (exact) mass is 234 g/mol. The lowest BCUT2D eigenvalue weighted by molar-refractivity contribution is 1.47. The highest BCUT2D eigenvalue weighted by molar-refractivity contribution is 5.74. The Kier molecular flexibility index (Phi) is 2.87. The quantitative estimate of drug-likeness (QED) is 0.739. The van der Waals surface area contributed by atoms with Crippen LogP contribution in [-0.4, -0.2) is 0 Å². The zero-order valence-corrected chi connectivity index (χ0v) is 9.51. The van der Waals surface area contributed by atoms with Crippen LogP contribution in [0.3, 0.4) is 0 Å². The lowest BCUT2D eigenvalue weighted by atomic mass is 10.0. The molecule has 0 aromatic heterocycles. The summed E-state index contributed by atoms with van der Waals surface area (Å²) in [5, 5.41) is 17.6. The largest absolute Gasteiger partial charge is 0.398 e. The highest BCUT2D eigenvalue weighted by atomic mass is 14.6. The lowest BCUT2D eigenvalue weighted by Crippen LogP contribution is -1.93. The van der Waals surface area contributed by atoms with Crippen LogP contribution in [-0.2, 0) is 0 Å². The van der Waals surface area contributed by atoms with Crippen molar-refractivity contribution in [2.24, 2.45) is 0 Å². The number of nitriles is 2. The number of nitrogens with two attached hydrogens (primary N) is 2. The van der Waals surface area contributed by atoms with Gasteiger partial charge in [-0.3, -0.25) is 0 Å². The molecule has 0 aliphatic heterocycles. The number of hydrogen-bond donors (Lipinski definition) is 2. The van der Waals surface area contributed by atoms with Crippen LogP contribution in [0.15, 0.2) is 36.4 Å². The first kappa shape index (κ1) is 11.5. The lowest BCUT2D eigenvalue weighted by Gasteiger charge is -2.06. The fraction of sp³-hybridized carbons (Fsp3) is 0. The van der Waals surface area contributed by atoms with Crippen LogP contribution in [0.25, 0.3) is 11.1 Å². The second-order valence-corrected chi connectivity index (χ2v) is 3.83. The third-order valence-electron chi connectivity index (χ3n) is 2.68. The molecule has 0 heterocycles. The SMILES string of the molecule is N#Cc1ccc(-c2ccc(C#N)c(N)c2)cc1N. The van der Waals surface area contributed by atoms with Crippen LogP contribution in [0.2, 0.25) is 0 Å². The average molecular weight is 234 g/mol. The van der Waals surface area contributed by atoms with E-state index in [1.807, 2.05) is 12.1 Å². The molecule has 0 amide bonds. The molecule has 0 spiro atoms. The maximum absolute atomic E-state index is 8.81.